The maximum absolute atomic E-state index is 11.9. The molecule has 1 rings (SSSR count). The van der Waals surface area contributed by atoms with Crippen molar-refractivity contribution in [1.82, 2.24) is 14.3 Å². The fourth-order valence-corrected chi connectivity index (χ4v) is 2.56. The molecule has 1 N–H and O–H groups in total. The number of nitrogens with zero attached hydrogens (tertiary/aromatic N) is 2. The van der Waals surface area contributed by atoms with Crippen molar-refractivity contribution < 1.29 is 8.42 Å². The fourth-order valence-electron chi connectivity index (χ4n) is 1.40. The topological polar surface area (TPSA) is 64.0 Å². The Labute approximate surface area is 107 Å². The van der Waals surface area contributed by atoms with Gasteiger partial charge in [0, 0.05) is 24.7 Å². The predicted octanol–water partition coefficient (Wildman–Crippen LogP) is 1.51. The van der Waals surface area contributed by atoms with E-state index in [1.807, 2.05) is 13.8 Å². The lowest BCUT2D eigenvalue weighted by Crippen LogP contribution is -2.26. The molecular formula is C10H18ClN3O2S. The number of hydrogen-bond donors (Lipinski definition) is 1. The first-order valence-corrected chi connectivity index (χ1v) is 7.46. The van der Waals surface area contributed by atoms with E-state index in [2.05, 4.69) is 9.71 Å². The third-order valence-electron chi connectivity index (χ3n) is 2.40. The van der Waals surface area contributed by atoms with E-state index in [9.17, 15) is 8.42 Å². The van der Waals surface area contributed by atoms with Gasteiger partial charge in [0.1, 0.15) is 5.82 Å². The molecule has 0 aliphatic carbocycles. The fraction of sp³-hybridized carbons (Fsp3) is 0.700. The molecule has 0 aliphatic rings. The van der Waals surface area contributed by atoms with Crippen molar-refractivity contribution in [2.75, 3.05) is 6.54 Å². The van der Waals surface area contributed by atoms with E-state index in [-0.39, 0.29) is 10.4 Å². The number of hydrogen-bond acceptors (Lipinski definition) is 3. The van der Waals surface area contributed by atoms with Crippen LogP contribution in [0.5, 0.6) is 0 Å². The molecule has 0 aromatic carbocycles. The molecule has 5 nitrogen and oxygen atoms in total. The van der Waals surface area contributed by atoms with Gasteiger partial charge in [-0.25, -0.2) is 18.1 Å². The van der Waals surface area contributed by atoms with E-state index >= 15 is 0 Å². The summed E-state index contributed by atoms with van der Waals surface area (Å²) in [5, 5.41) is 0.0201. The minimum Gasteiger partial charge on any atom is -0.334 e. The highest BCUT2D eigenvalue weighted by atomic mass is 35.5. The maximum atomic E-state index is 11.9. The van der Waals surface area contributed by atoms with E-state index in [4.69, 9.17) is 11.6 Å². The van der Waals surface area contributed by atoms with Crippen LogP contribution in [0.3, 0.4) is 0 Å². The summed E-state index contributed by atoms with van der Waals surface area (Å²) in [5.41, 5.74) is 0. The van der Waals surface area contributed by atoms with Gasteiger partial charge in [-0.2, -0.15) is 0 Å². The quantitative estimate of drug-likeness (QED) is 0.803. The first-order valence-electron chi connectivity index (χ1n) is 5.54. The van der Waals surface area contributed by atoms with Gasteiger partial charge in [0.15, 0.2) is 5.03 Å². The van der Waals surface area contributed by atoms with Gasteiger partial charge in [-0.1, -0.05) is 0 Å². The van der Waals surface area contributed by atoms with Gasteiger partial charge in [0.2, 0.25) is 0 Å². The molecule has 0 spiro atoms. The molecule has 1 unspecified atom stereocenters. The van der Waals surface area contributed by atoms with Crippen LogP contribution < -0.4 is 4.72 Å². The highest BCUT2D eigenvalue weighted by molar-refractivity contribution is 7.89. The van der Waals surface area contributed by atoms with Crippen LogP contribution >= 0.6 is 11.6 Å². The molecule has 0 bridgehead atoms. The molecule has 0 saturated heterocycles. The molecule has 7 heteroatoms. The zero-order valence-corrected chi connectivity index (χ0v) is 11.8. The Bertz CT molecular complexity index is 468. The summed E-state index contributed by atoms with van der Waals surface area (Å²) in [6.07, 6.45) is 2.13. The summed E-state index contributed by atoms with van der Waals surface area (Å²) in [5.74, 6) is 0.693. The van der Waals surface area contributed by atoms with Crippen LogP contribution in [0.1, 0.15) is 26.1 Å². The molecule has 0 fully saturated rings. The van der Waals surface area contributed by atoms with Crippen LogP contribution in [0, 0.1) is 6.92 Å². The molecular weight excluding hydrogens is 262 g/mol. The number of imidazole rings is 1. The van der Waals surface area contributed by atoms with E-state index < -0.39 is 10.0 Å². The molecule has 98 valence electrons. The van der Waals surface area contributed by atoms with Crippen molar-refractivity contribution in [3.05, 3.63) is 12.0 Å². The van der Waals surface area contributed by atoms with Crippen LogP contribution in [0.2, 0.25) is 0 Å². The van der Waals surface area contributed by atoms with Crippen LogP contribution in [0.4, 0.5) is 0 Å². The van der Waals surface area contributed by atoms with Gasteiger partial charge in [-0.05, 0) is 27.2 Å². The Hall–Kier alpha value is -0.590. The summed E-state index contributed by atoms with van der Waals surface area (Å²) in [6, 6.07) is 0. The lowest BCUT2D eigenvalue weighted by Gasteiger charge is -2.04. The Morgan fingerprint density at radius 2 is 2.24 bits per heavy atom. The van der Waals surface area contributed by atoms with Crippen LogP contribution in [-0.4, -0.2) is 29.9 Å². The second-order valence-electron chi connectivity index (χ2n) is 3.88. The minimum atomic E-state index is -3.51. The van der Waals surface area contributed by atoms with E-state index in [1.54, 1.807) is 17.7 Å². The number of halogens is 1. The molecule has 1 aromatic heterocycles. The number of alkyl halides is 1. The summed E-state index contributed by atoms with van der Waals surface area (Å²) in [7, 11) is -3.51. The Morgan fingerprint density at radius 3 is 2.71 bits per heavy atom. The van der Waals surface area contributed by atoms with Crippen molar-refractivity contribution >= 4 is 21.6 Å². The summed E-state index contributed by atoms with van der Waals surface area (Å²) < 4.78 is 28.0. The number of aromatic nitrogens is 2. The van der Waals surface area contributed by atoms with Gasteiger partial charge in [-0.15, -0.1) is 11.6 Å². The third-order valence-corrected chi connectivity index (χ3v) is 3.95. The smallest absolute Gasteiger partial charge is 0.259 e. The molecule has 0 amide bonds. The van der Waals surface area contributed by atoms with Crippen molar-refractivity contribution in [3.8, 4) is 0 Å². The van der Waals surface area contributed by atoms with E-state index in [0.29, 0.717) is 25.3 Å². The third kappa shape index (κ3) is 3.97. The standard InChI is InChI=1S/C10H18ClN3O2S/c1-4-14-7-10(13-9(14)3)17(15,16)12-6-5-8(2)11/h7-8,12H,4-6H2,1-3H3. The molecule has 1 atom stereocenters. The normalized spacial score (nSPS) is 13.9. The SMILES string of the molecule is CCn1cc(S(=O)(=O)NCCC(C)Cl)nc1C. The van der Waals surface area contributed by atoms with Crippen molar-refractivity contribution in [3.63, 3.8) is 0 Å². The Morgan fingerprint density at radius 1 is 1.59 bits per heavy atom. The molecule has 0 radical (unpaired) electrons. The van der Waals surface area contributed by atoms with Crippen LogP contribution in [0.25, 0.3) is 0 Å². The zero-order chi connectivity index (χ0) is 13.1. The number of aryl methyl sites for hydroxylation is 2. The molecule has 1 aromatic rings. The van der Waals surface area contributed by atoms with E-state index in [0.717, 1.165) is 0 Å². The van der Waals surface area contributed by atoms with Gasteiger partial charge in [0.25, 0.3) is 10.0 Å². The second kappa shape index (κ2) is 5.84. The lowest BCUT2D eigenvalue weighted by atomic mass is 10.3. The number of rotatable bonds is 6. The molecule has 0 aliphatic heterocycles. The Kier molecular flexibility index (Phi) is 4.97. The summed E-state index contributed by atoms with van der Waals surface area (Å²) in [4.78, 5) is 4.03. The molecule has 0 saturated carbocycles. The predicted molar refractivity (Wildman–Crippen MR) is 67.8 cm³/mol. The van der Waals surface area contributed by atoms with Crippen molar-refractivity contribution in [2.45, 2.75) is 44.1 Å². The second-order valence-corrected chi connectivity index (χ2v) is 6.34. The lowest BCUT2D eigenvalue weighted by molar-refractivity contribution is 0.575. The van der Waals surface area contributed by atoms with Gasteiger partial charge >= 0.3 is 0 Å². The van der Waals surface area contributed by atoms with E-state index in [1.165, 1.54) is 0 Å². The van der Waals surface area contributed by atoms with Crippen LogP contribution in [-0.2, 0) is 16.6 Å². The van der Waals surface area contributed by atoms with Crippen molar-refractivity contribution in [2.24, 2.45) is 0 Å². The largest absolute Gasteiger partial charge is 0.334 e. The average molecular weight is 280 g/mol. The van der Waals surface area contributed by atoms with Gasteiger partial charge < -0.3 is 4.57 Å². The van der Waals surface area contributed by atoms with Crippen molar-refractivity contribution in [1.29, 1.82) is 0 Å². The monoisotopic (exact) mass is 279 g/mol. The maximum Gasteiger partial charge on any atom is 0.259 e. The average Bonchev–Trinajstić information content (AvgIpc) is 2.59. The highest BCUT2D eigenvalue weighted by Gasteiger charge is 2.18. The first-order chi connectivity index (χ1) is 7.86. The zero-order valence-electron chi connectivity index (χ0n) is 10.3. The molecule has 1 heterocycles. The first kappa shape index (κ1) is 14.5. The minimum absolute atomic E-state index is 0.0485. The number of nitrogens with one attached hydrogen (secondary N) is 1. The molecule has 17 heavy (non-hydrogen) atoms. The number of sulfonamides is 1. The van der Waals surface area contributed by atoms with Gasteiger partial charge in [0.05, 0.1) is 0 Å². The Balaban J connectivity index is 2.75. The summed E-state index contributed by atoms with van der Waals surface area (Å²) >= 11 is 5.75. The van der Waals surface area contributed by atoms with Gasteiger partial charge in [-0.3, -0.25) is 0 Å². The van der Waals surface area contributed by atoms with Crippen LogP contribution in [0.15, 0.2) is 11.2 Å². The summed E-state index contributed by atoms with van der Waals surface area (Å²) in [6.45, 7) is 6.57. The highest BCUT2D eigenvalue weighted by Crippen LogP contribution is 2.09.